The summed E-state index contributed by atoms with van der Waals surface area (Å²) in [5.41, 5.74) is 2.38. The summed E-state index contributed by atoms with van der Waals surface area (Å²) in [6.07, 6.45) is 0. The van der Waals surface area contributed by atoms with Crippen molar-refractivity contribution in [3.63, 3.8) is 0 Å². The van der Waals surface area contributed by atoms with Gasteiger partial charge in [0.05, 0.1) is 26.4 Å². The first-order valence-electron chi connectivity index (χ1n) is 9.11. The first-order chi connectivity index (χ1) is 13.1. The molecule has 0 N–H and O–H groups in total. The van der Waals surface area contributed by atoms with Crippen LogP contribution < -0.4 is 19.1 Å². The Hall–Kier alpha value is -2.11. The van der Waals surface area contributed by atoms with E-state index in [-0.39, 0.29) is 0 Å². The summed E-state index contributed by atoms with van der Waals surface area (Å²) in [7, 11) is 4.98. The molecular formula is C21H27ClN2O3. The Balaban J connectivity index is 1.66. The van der Waals surface area contributed by atoms with Crippen LogP contribution in [0.1, 0.15) is 18.5 Å². The molecular weight excluding hydrogens is 364 g/mol. The molecule has 1 atom stereocenters. The van der Waals surface area contributed by atoms with Crippen LogP contribution in [-0.4, -0.2) is 52.4 Å². The molecule has 1 aliphatic heterocycles. The third kappa shape index (κ3) is 4.25. The molecule has 0 aliphatic carbocycles. The van der Waals surface area contributed by atoms with Gasteiger partial charge in [-0.25, -0.2) is 0 Å². The van der Waals surface area contributed by atoms with Gasteiger partial charge >= 0.3 is 0 Å². The minimum atomic E-state index is 0.312. The van der Waals surface area contributed by atoms with Gasteiger partial charge in [0.2, 0.25) is 0 Å². The average Bonchev–Trinajstić information content (AvgIpc) is 2.73. The molecule has 6 heteroatoms. The lowest BCUT2D eigenvalue weighted by molar-refractivity contribution is 0.198. The van der Waals surface area contributed by atoms with Crippen molar-refractivity contribution in [2.45, 2.75) is 13.0 Å². The van der Waals surface area contributed by atoms with E-state index in [9.17, 15) is 0 Å². The van der Waals surface area contributed by atoms with Gasteiger partial charge in [0.1, 0.15) is 5.75 Å². The Bertz CT molecular complexity index is 776. The zero-order valence-corrected chi connectivity index (χ0v) is 17.1. The first-order valence-corrected chi connectivity index (χ1v) is 9.49. The molecule has 1 aliphatic rings. The number of hydrogen-bond donors (Lipinski definition) is 0. The van der Waals surface area contributed by atoms with E-state index in [2.05, 4.69) is 34.9 Å². The number of anilines is 1. The third-order valence-electron chi connectivity index (χ3n) is 5.25. The van der Waals surface area contributed by atoms with Crippen LogP contribution in [0.5, 0.6) is 17.2 Å². The van der Waals surface area contributed by atoms with Crippen LogP contribution in [0.4, 0.5) is 5.69 Å². The average molecular weight is 391 g/mol. The smallest absolute Gasteiger partial charge is 0.161 e. The van der Waals surface area contributed by atoms with Crippen molar-refractivity contribution in [1.82, 2.24) is 4.90 Å². The highest BCUT2D eigenvalue weighted by Gasteiger charge is 2.23. The Labute approximate surface area is 166 Å². The zero-order valence-electron chi connectivity index (χ0n) is 16.4. The van der Waals surface area contributed by atoms with E-state index in [1.165, 1.54) is 5.56 Å². The fourth-order valence-electron chi connectivity index (χ4n) is 3.54. The van der Waals surface area contributed by atoms with Crippen molar-refractivity contribution in [2.75, 3.05) is 52.4 Å². The Morgan fingerprint density at radius 2 is 1.48 bits per heavy atom. The number of piperazine rings is 1. The van der Waals surface area contributed by atoms with E-state index in [4.69, 9.17) is 25.8 Å². The summed E-state index contributed by atoms with van der Waals surface area (Å²) < 4.78 is 16.1. The number of nitrogens with zero attached hydrogens (tertiary/aromatic N) is 2. The highest BCUT2D eigenvalue weighted by Crippen LogP contribution is 2.33. The molecule has 3 rings (SSSR count). The van der Waals surface area contributed by atoms with E-state index in [1.807, 2.05) is 18.2 Å². The fraction of sp³-hybridized carbons (Fsp3) is 0.429. The maximum Gasteiger partial charge on any atom is 0.161 e. The van der Waals surface area contributed by atoms with Crippen LogP contribution in [-0.2, 0) is 0 Å². The number of methoxy groups -OCH3 is 3. The number of ether oxygens (including phenoxy) is 3. The van der Waals surface area contributed by atoms with Gasteiger partial charge in [0.25, 0.3) is 0 Å². The van der Waals surface area contributed by atoms with Gasteiger partial charge in [0.15, 0.2) is 11.5 Å². The molecule has 1 fully saturated rings. The van der Waals surface area contributed by atoms with Gasteiger partial charge < -0.3 is 19.1 Å². The fourth-order valence-corrected chi connectivity index (χ4v) is 3.73. The molecule has 0 amide bonds. The van der Waals surface area contributed by atoms with Gasteiger partial charge in [-0.3, -0.25) is 4.90 Å². The zero-order chi connectivity index (χ0) is 19.4. The summed E-state index contributed by atoms with van der Waals surface area (Å²) >= 11 is 6.14. The quantitative estimate of drug-likeness (QED) is 0.736. The van der Waals surface area contributed by atoms with Crippen molar-refractivity contribution >= 4 is 17.3 Å². The van der Waals surface area contributed by atoms with E-state index >= 15 is 0 Å². The SMILES string of the molecule is COc1cc(N2CCN([C@@H](C)c3ccc(OC)c(OC)c3)CC2)ccc1Cl. The lowest BCUT2D eigenvalue weighted by Gasteiger charge is -2.39. The molecule has 27 heavy (non-hydrogen) atoms. The Morgan fingerprint density at radius 3 is 2.11 bits per heavy atom. The molecule has 1 heterocycles. The maximum atomic E-state index is 6.14. The second-order valence-electron chi connectivity index (χ2n) is 6.63. The molecule has 5 nitrogen and oxygen atoms in total. The summed E-state index contributed by atoms with van der Waals surface area (Å²) in [6, 6.07) is 12.4. The lowest BCUT2D eigenvalue weighted by Crippen LogP contribution is -2.47. The van der Waals surface area contributed by atoms with E-state index in [1.54, 1.807) is 21.3 Å². The summed E-state index contributed by atoms with van der Waals surface area (Å²) in [5, 5.41) is 0.641. The van der Waals surface area contributed by atoms with Gasteiger partial charge in [-0.1, -0.05) is 17.7 Å². The van der Waals surface area contributed by atoms with Gasteiger partial charge in [-0.2, -0.15) is 0 Å². The molecule has 0 radical (unpaired) electrons. The van der Waals surface area contributed by atoms with Gasteiger partial charge in [0, 0.05) is 44.0 Å². The van der Waals surface area contributed by atoms with Gasteiger partial charge in [-0.15, -0.1) is 0 Å². The van der Waals surface area contributed by atoms with Crippen LogP contribution in [0.2, 0.25) is 5.02 Å². The molecule has 1 saturated heterocycles. The largest absolute Gasteiger partial charge is 0.495 e. The first kappa shape index (κ1) is 19.6. The number of benzene rings is 2. The second-order valence-corrected chi connectivity index (χ2v) is 7.04. The molecule has 0 aromatic heterocycles. The molecule has 2 aromatic rings. The number of halogens is 1. The van der Waals surface area contributed by atoms with Gasteiger partial charge in [-0.05, 0) is 36.8 Å². The molecule has 146 valence electrons. The molecule has 2 aromatic carbocycles. The standard InChI is InChI=1S/C21H27ClN2O3/c1-15(16-5-8-19(25-2)21(13-16)27-4)23-9-11-24(12-10-23)17-6-7-18(22)20(14-17)26-3/h5-8,13-15H,9-12H2,1-4H3/t15-/m0/s1. The predicted octanol–water partition coefficient (Wildman–Crippen LogP) is 4.25. The minimum absolute atomic E-state index is 0.312. The lowest BCUT2D eigenvalue weighted by atomic mass is 10.0. The number of hydrogen-bond acceptors (Lipinski definition) is 5. The highest BCUT2D eigenvalue weighted by molar-refractivity contribution is 6.32. The Kier molecular flexibility index (Phi) is 6.34. The molecule has 0 unspecified atom stereocenters. The van der Waals surface area contributed by atoms with E-state index in [0.29, 0.717) is 11.1 Å². The topological polar surface area (TPSA) is 34.2 Å². The summed E-state index contributed by atoms with van der Waals surface area (Å²) in [6.45, 7) is 6.13. The van der Waals surface area contributed by atoms with Crippen molar-refractivity contribution in [3.8, 4) is 17.2 Å². The van der Waals surface area contributed by atoms with Crippen molar-refractivity contribution in [3.05, 3.63) is 47.0 Å². The minimum Gasteiger partial charge on any atom is -0.495 e. The highest BCUT2D eigenvalue weighted by atomic mass is 35.5. The van der Waals surface area contributed by atoms with Crippen LogP contribution >= 0.6 is 11.6 Å². The normalized spacial score (nSPS) is 16.1. The Morgan fingerprint density at radius 1 is 0.815 bits per heavy atom. The predicted molar refractivity (Wildman–Crippen MR) is 110 cm³/mol. The van der Waals surface area contributed by atoms with E-state index in [0.717, 1.165) is 49.1 Å². The maximum absolute atomic E-state index is 6.14. The second kappa shape index (κ2) is 8.72. The monoisotopic (exact) mass is 390 g/mol. The van der Waals surface area contributed by atoms with Crippen molar-refractivity contribution in [2.24, 2.45) is 0 Å². The van der Waals surface area contributed by atoms with Crippen LogP contribution in [0, 0.1) is 0 Å². The van der Waals surface area contributed by atoms with Crippen LogP contribution in [0.3, 0.4) is 0 Å². The number of rotatable bonds is 6. The molecule has 0 spiro atoms. The van der Waals surface area contributed by atoms with Crippen molar-refractivity contribution < 1.29 is 14.2 Å². The van der Waals surface area contributed by atoms with Crippen LogP contribution in [0.15, 0.2) is 36.4 Å². The third-order valence-corrected chi connectivity index (χ3v) is 5.56. The molecule has 0 saturated carbocycles. The molecule has 0 bridgehead atoms. The van der Waals surface area contributed by atoms with Crippen LogP contribution in [0.25, 0.3) is 0 Å². The summed E-state index contributed by atoms with van der Waals surface area (Å²) in [5.74, 6) is 2.25. The van der Waals surface area contributed by atoms with Crippen molar-refractivity contribution in [1.29, 1.82) is 0 Å². The summed E-state index contributed by atoms with van der Waals surface area (Å²) in [4.78, 5) is 4.86. The van der Waals surface area contributed by atoms with E-state index < -0.39 is 0 Å².